The van der Waals surface area contributed by atoms with E-state index in [1.54, 1.807) is 24.3 Å². The summed E-state index contributed by atoms with van der Waals surface area (Å²) in [7, 11) is 0. The molecule has 0 fully saturated rings. The average molecular weight is 248 g/mol. The number of primary amides is 1. The van der Waals surface area contributed by atoms with Crippen LogP contribution in [0.3, 0.4) is 0 Å². The van der Waals surface area contributed by atoms with E-state index in [1.165, 1.54) is 11.8 Å². The minimum Gasteiger partial charge on any atom is -0.369 e. The second kappa shape index (κ2) is 6.55. The van der Waals surface area contributed by atoms with Crippen LogP contribution in [-0.2, 0) is 11.2 Å². The summed E-state index contributed by atoms with van der Waals surface area (Å²) in [5.41, 5.74) is 6.64. The van der Waals surface area contributed by atoms with Gasteiger partial charge in [0.1, 0.15) is 0 Å². The van der Waals surface area contributed by atoms with Crippen molar-refractivity contribution in [1.82, 2.24) is 5.32 Å². The number of hydrogen-bond donors (Lipinski definition) is 2. The highest BCUT2D eigenvalue weighted by molar-refractivity contribution is 8.13. The quantitative estimate of drug-likeness (QED) is 0.363. The highest BCUT2D eigenvalue weighted by Gasteiger charge is 1.99. The summed E-state index contributed by atoms with van der Waals surface area (Å²) in [5.74, 6) is -0.364. The molecule has 1 amide bonds. The Bertz CT molecular complexity index is 461. The maximum atomic E-state index is 10.7. The predicted molar refractivity (Wildman–Crippen MR) is 68.7 cm³/mol. The molecule has 5 nitrogen and oxygen atoms in total. The molecule has 0 aliphatic heterocycles. The molecule has 0 spiro atoms. The van der Waals surface area contributed by atoms with Gasteiger partial charge in [0.15, 0.2) is 11.4 Å². The molecule has 0 heterocycles. The van der Waals surface area contributed by atoms with E-state index in [1.807, 2.05) is 12.4 Å². The fourth-order valence-electron chi connectivity index (χ4n) is 1.18. The van der Waals surface area contributed by atoms with E-state index < -0.39 is 0 Å². The largest absolute Gasteiger partial charge is 0.369 e. The van der Waals surface area contributed by atoms with E-state index >= 15 is 0 Å². The Balaban J connectivity index is 2.80. The average Bonchev–Trinajstić information content (AvgIpc) is 2.30. The summed E-state index contributed by atoms with van der Waals surface area (Å²) in [5, 5.41) is 11.5. The van der Waals surface area contributed by atoms with Gasteiger partial charge in [-0.15, -0.1) is 0 Å². The van der Waals surface area contributed by atoms with Gasteiger partial charge in [-0.25, -0.2) is 4.99 Å². The molecule has 1 aromatic carbocycles. The smallest absolute Gasteiger partial charge is 0.221 e. The van der Waals surface area contributed by atoms with Crippen LogP contribution in [0.5, 0.6) is 0 Å². The number of nitriles is 1. The molecule has 0 radical (unpaired) electrons. The number of thioether (sulfide) groups is 1. The van der Waals surface area contributed by atoms with Gasteiger partial charge < -0.3 is 5.73 Å². The topological polar surface area (TPSA) is 91.3 Å². The third kappa shape index (κ3) is 4.57. The summed E-state index contributed by atoms with van der Waals surface area (Å²) >= 11 is 1.35. The van der Waals surface area contributed by atoms with Crippen LogP contribution in [0.2, 0.25) is 0 Å². The highest BCUT2D eigenvalue weighted by atomic mass is 32.2. The molecule has 0 aromatic heterocycles. The molecular weight excluding hydrogens is 236 g/mol. The molecule has 17 heavy (non-hydrogen) atoms. The van der Waals surface area contributed by atoms with Crippen molar-refractivity contribution in [3.05, 3.63) is 29.8 Å². The van der Waals surface area contributed by atoms with Gasteiger partial charge in [-0.3, -0.25) is 10.1 Å². The summed E-state index contributed by atoms with van der Waals surface area (Å²) in [4.78, 5) is 14.9. The maximum absolute atomic E-state index is 10.7. The third-order valence-electron chi connectivity index (χ3n) is 1.90. The Morgan fingerprint density at radius 1 is 1.53 bits per heavy atom. The number of benzene rings is 1. The number of amidine groups is 1. The Kier molecular flexibility index (Phi) is 5.04. The van der Waals surface area contributed by atoms with E-state index in [9.17, 15) is 4.79 Å². The molecule has 6 heteroatoms. The lowest BCUT2D eigenvalue weighted by atomic mass is 10.1. The van der Waals surface area contributed by atoms with E-state index in [-0.39, 0.29) is 12.3 Å². The lowest BCUT2D eigenvalue weighted by Crippen LogP contribution is -2.13. The summed E-state index contributed by atoms with van der Waals surface area (Å²) in [6, 6.07) is 7.11. The minimum absolute atomic E-state index is 0.218. The number of rotatable bonds is 3. The number of hydrogen-bond acceptors (Lipinski definition) is 4. The molecular formula is C11H12N4OS. The zero-order chi connectivity index (χ0) is 12.7. The van der Waals surface area contributed by atoms with Crippen LogP contribution in [-0.4, -0.2) is 17.3 Å². The van der Waals surface area contributed by atoms with Crippen LogP contribution in [0.4, 0.5) is 5.69 Å². The molecule has 88 valence electrons. The number of nitrogens with two attached hydrogens (primary N) is 1. The van der Waals surface area contributed by atoms with Crippen molar-refractivity contribution in [3.63, 3.8) is 0 Å². The minimum atomic E-state index is -0.364. The van der Waals surface area contributed by atoms with Crippen LogP contribution >= 0.6 is 11.8 Å². The van der Waals surface area contributed by atoms with Crippen LogP contribution in [0, 0.1) is 11.5 Å². The SMILES string of the molecule is CSC(=Nc1ccc(CC(N)=O)cc1)NC#N. The zero-order valence-electron chi connectivity index (χ0n) is 9.30. The van der Waals surface area contributed by atoms with Crippen LogP contribution in [0.25, 0.3) is 0 Å². The number of carbonyl (C=O) groups excluding carboxylic acids is 1. The molecule has 1 rings (SSSR count). The Morgan fingerprint density at radius 2 is 2.18 bits per heavy atom. The first-order valence-corrected chi connectivity index (χ1v) is 6.03. The molecule has 0 saturated heterocycles. The Morgan fingerprint density at radius 3 is 2.65 bits per heavy atom. The first-order valence-electron chi connectivity index (χ1n) is 4.80. The van der Waals surface area contributed by atoms with E-state index in [0.29, 0.717) is 10.9 Å². The summed E-state index contributed by atoms with van der Waals surface area (Å²) in [6.45, 7) is 0. The van der Waals surface area contributed by atoms with Gasteiger partial charge in [0.2, 0.25) is 5.91 Å². The van der Waals surface area contributed by atoms with Gasteiger partial charge in [-0.2, -0.15) is 5.26 Å². The van der Waals surface area contributed by atoms with Crippen molar-refractivity contribution < 1.29 is 4.79 Å². The van der Waals surface area contributed by atoms with Crippen LogP contribution < -0.4 is 11.1 Å². The summed E-state index contributed by atoms with van der Waals surface area (Å²) < 4.78 is 0. The highest BCUT2D eigenvalue weighted by Crippen LogP contribution is 2.15. The molecule has 0 aliphatic rings. The van der Waals surface area contributed by atoms with Gasteiger partial charge in [0, 0.05) is 0 Å². The molecule has 0 unspecified atom stereocenters. The Labute approximate surface area is 104 Å². The monoisotopic (exact) mass is 248 g/mol. The van der Waals surface area contributed by atoms with Crippen molar-refractivity contribution in [3.8, 4) is 6.19 Å². The van der Waals surface area contributed by atoms with E-state index in [0.717, 1.165) is 5.56 Å². The van der Waals surface area contributed by atoms with Crippen molar-refractivity contribution >= 4 is 28.5 Å². The molecule has 0 atom stereocenters. The molecule has 3 N–H and O–H groups in total. The fraction of sp³-hybridized carbons (Fsp3) is 0.182. The first-order chi connectivity index (χ1) is 8.15. The second-order valence-corrected chi connectivity index (χ2v) is 3.96. The standard InChI is InChI=1S/C11H12N4OS/c1-17-11(14-7-12)15-9-4-2-8(3-5-9)6-10(13)16/h2-5H,6H2,1H3,(H2,13,16)(H,14,15). The third-order valence-corrected chi connectivity index (χ3v) is 2.48. The van der Waals surface area contributed by atoms with Crippen LogP contribution in [0.1, 0.15) is 5.56 Å². The number of amides is 1. The lowest BCUT2D eigenvalue weighted by Gasteiger charge is -2.01. The molecule has 0 saturated carbocycles. The first kappa shape index (κ1) is 13.1. The molecule has 0 bridgehead atoms. The number of carbonyl (C=O) groups is 1. The Hall–Kier alpha value is -2.00. The van der Waals surface area contributed by atoms with Gasteiger partial charge in [-0.1, -0.05) is 23.9 Å². The van der Waals surface area contributed by atoms with Gasteiger partial charge in [0.05, 0.1) is 12.1 Å². The fourth-order valence-corrected chi connectivity index (χ4v) is 1.52. The zero-order valence-corrected chi connectivity index (χ0v) is 10.1. The number of nitrogens with one attached hydrogen (secondary N) is 1. The molecule has 0 aliphatic carbocycles. The van der Waals surface area contributed by atoms with Crippen molar-refractivity contribution in [2.45, 2.75) is 6.42 Å². The molecule has 1 aromatic rings. The van der Waals surface area contributed by atoms with Crippen molar-refractivity contribution in [2.24, 2.45) is 10.7 Å². The van der Waals surface area contributed by atoms with Gasteiger partial charge in [0.25, 0.3) is 0 Å². The maximum Gasteiger partial charge on any atom is 0.221 e. The number of nitrogens with zero attached hydrogens (tertiary/aromatic N) is 2. The normalized spacial score (nSPS) is 10.7. The van der Waals surface area contributed by atoms with Crippen molar-refractivity contribution in [1.29, 1.82) is 5.26 Å². The van der Waals surface area contributed by atoms with Crippen molar-refractivity contribution in [2.75, 3.05) is 6.26 Å². The van der Waals surface area contributed by atoms with E-state index in [4.69, 9.17) is 11.0 Å². The van der Waals surface area contributed by atoms with Gasteiger partial charge >= 0.3 is 0 Å². The predicted octanol–water partition coefficient (Wildman–Crippen LogP) is 1.14. The second-order valence-electron chi connectivity index (χ2n) is 3.17. The van der Waals surface area contributed by atoms with Crippen LogP contribution in [0.15, 0.2) is 29.3 Å². The lowest BCUT2D eigenvalue weighted by molar-refractivity contribution is -0.117. The van der Waals surface area contributed by atoms with Gasteiger partial charge in [-0.05, 0) is 24.0 Å². The van der Waals surface area contributed by atoms with E-state index in [2.05, 4.69) is 10.3 Å². The number of aliphatic imine (C=N–C) groups is 1. The summed E-state index contributed by atoms with van der Waals surface area (Å²) in [6.07, 6.45) is 3.86.